The lowest BCUT2D eigenvalue weighted by Gasteiger charge is -2.21. The monoisotopic (exact) mass is 271 g/mol. The van der Waals surface area contributed by atoms with Crippen LogP contribution >= 0.6 is 0 Å². The van der Waals surface area contributed by atoms with Gasteiger partial charge in [-0.05, 0) is 25.3 Å². The van der Waals surface area contributed by atoms with Gasteiger partial charge in [0.15, 0.2) is 14.6 Å². The molecule has 0 saturated heterocycles. The first-order valence-corrected chi connectivity index (χ1v) is 7.48. The number of carbonyl (C=O) groups is 1. The van der Waals surface area contributed by atoms with E-state index in [0.717, 1.165) is 0 Å². The summed E-state index contributed by atoms with van der Waals surface area (Å²) in [6, 6.07) is 1.85. The van der Waals surface area contributed by atoms with Crippen molar-refractivity contribution in [3.05, 3.63) is 12.2 Å². The second-order valence-corrected chi connectivity index (χ2v) is 6.81. The Morgan fingerprint density at radius 1 is 1.61 bits per heavy atom. The van der Waals surface area contributed by atoms with Crippen molar-refractivity contribution in [1.29, 1.82) is 5.26 Å². The van der Waals surface area contributed by atoms with Crippen LogP contribution in [0.5, 0.6) is 0 Å². The lowest BCUT2D eigenvalue weighted by atomic mass is 10.0. The van der Waals surface area contributed by atoms with Crippen molar-refractivity contribution in [3.8, 4) is 6.07 Å². The molecule has 1 rings (SSSR count). The van der Waals surface area contributed by atoms with E-state index < -0.39 is 26.5 Å². The maximum absolute atomic E-state index is 12.1. The van der Waals surface area contributed by atoms with Gasteiger partial charge >= 0.3 is 5.97 Å². The number of rotatable bonds is 4. The van der Waals surface area contributed by atoms with E-state index in [2.05, 4.69) is 6.58 Å². The number of nitrogens with zero attached hydrogens (tertiary/aromatic N) is 1. The molecule has 1 fully saturated rings. The Balaban J connectivity index is 3.10. The maximum atomic E-state index is 12.1. The lowest BCUT2D eigenvalue weighted by Crippen LogP contribution is -2.37. The van der Waals surface area contributed by atoms with Gasteiger partial charge in [0.25, 0.3) is 0 Å². The Hall–Kier alpha value is -1.35. The fourth-order valence-corrected chi connectivity index (χ4v) is 3.85. The molecule has 100 valence electrons. The van der Waals surface area contributed by atoms with E-state index in [1.54, 1.807) is 6.92 Å². The third kappa shape index (κ3) is 2.15. The quantitative estimate of drug-likeness (QED) is 0.567. The van der Waals surface area contributed by atoms with Gasteiger partial charge in [0, 0.05) is 5.75 Å². The van der Waals surface area contributed by atoms with Crippen LogP contribution in [0.3, 0.4) is 0 Å². The van der Waals surface area contributed by atoms with Crippen LogP contribution in [0.4, 0.5) is 0 Å². The summed E-state index contributed by atoms with van der Waals surface area (Å²) in [6.45, 7) is 7.08. The molecule has 0 aromatic rings. The summed E-state index contributed by atoms with van der Waals surface area (Å²) in [5, 5.41) is 9.24. The summed E-state index contributed by atoms with van der Waals surface area (Å²) < 4.78 is 27.4. The molecule has 1 aliphatic rings. The van der Waals surface area contributed by atoms with Crippen molar-refractivity contribution in [2.75, 3.05) is 12.4 Å². The number of sulfone groups is 1. The summed E-state index contributed by atoms with van der Waals surface area (Å²) in [7, 11) is -3.61. The van der Waals surface area contributed by atoms with Crippen LogP contribution in [-0.2, 0) is 19.4 Å². The van der Waals surface area contributed by atoms with Crippen LogP contribution in [0, 0.1) is 17.2 Å². The highest BCUT2D eigenvalue weighted by Crippen LogP contribution is 2.44. The van der Waals surface area contributed by atoms with Crippen molar-refractivity contribution in [2.45, 2.75) is 31.4 Å². The van der Waals surface area contributed by atoms with Crippen LogP contribution in [0.2, 0.25) is 0 Å². The normalized spacial score (nSPS) is 27.8. The van der Waals surface area contributed by atoms with E-state index in [9.17, 15) is 18.5 Å². The third-order valence-corrected chi connectivity index (χ3v) is 5.68. The van der Waals surface area contributed by atoms with Gasteiger partial charge in [0.05, 0.1) is 18.6 Å². The Kier molecular flexibility index (Phi) is 4.17. The Labute approximate surface area is 107 Å². The molecule has 5 nitrogen and oxygen atoms in total. The molecule has 1 saturated carbocycles. The van der Waals surface area contributed by atoms with Gasteiger partial charge in [-0.2, -0.15) is 5.26 Å². The van der Waals surface area contributed by atoms with Crippen LogP contribution in [-0.4, -0.2) is 31.5 Å². The number of hydrogen-bond donors (Lipinski definition) is 0. The van der Waals surface area contributed by atoms with E-state index in [-0.39, 0.29) is 25.2 Å². The topological polar surface area (TPSA) is 84.2 Å². The van der Waals surface area contributed by atoms with E-state index >= 15 is 0 Å². The van der Waals surface area contributed by atoms with Crippen LogP contribution in [0.1, 0.15) is 26.7 Å². The lowest BCUT2D eigenvalue weighted by molar-refractivity contribution is -0.147. The standard InChI is InChI=1S/C12H17NO4S/c1-4-17-11(14)10-6-9(3)12(7-10,8-13)18(15,16)5-2/h10H,3-7H2,1-2H3/t10-,12+/m1/s1. The fourth-order valence-electron chi connectivity index (χ4n) is 2.24. The van der Waals surface area contributed by atoms with Crippen molar-refractivity contribution < 1.29 is 17.9 Å². The predicted molar refractivity (Wildman–Crippen MR) is 66.3 cm³/mol. The molecule has 0 aromatic heterocycles. The van der Waals surface area contributed by atoms with Crippen LogP contribution in [0.15, 0.2) is 12.2 Å². The number of hydrogen-bond acceptors (Lipinski definition) is 5. The second-order valence-electron chi connectivity index (χ2n) is 4.30. The van der Waals surface area contributed by atoms with Gasteiger partial charge in [-0.1, -0.05) is 13.5 Å². The van der Waals surface area contributed by atoms with Gasteiger partial charge in [-0.25, -0.2) is 8.42 Å². The zero-order chi connectivity index (χ0) is 14.0. The van der Waals surface area contributed by atoms with Gasteiger partial charge < -0.3 is 4.74 Å². The minimum absolute atomic E-state index is 0.0443. The molecule has 0 spiro atoms. The minimum atomic E-state index is -3.61. The van der Waals surface area contributed by atoms with Gasteiger partial charge in [-0.3, -0.25) is 4.79 Å². The summed E-state index contributed by atoms with van der Waals surface area (Å²) >= 11 is 0. The number of carbonyl (C=O) groups excluding carboxylic acids is 1. The second kappa shape index (κ2) is 5.11. The first-order chi connectivity index (χ1) is 8.34. The molecule has 0 amide bonds. The zero-order valence-electron chi connectivity index (χ0n) is 10.6. The zero-order valence-corrected chi connectivity index (χ0v) is 11.4. The van der Waals surface area contributed by atoms with Crippen molar-refractivity contribution in [1.82, 2.24) is 0 Å². The molecule has 0 N–H and O–H groups in total. The number of nitriles is 1. The maximum Gasteiger partial charge on any atom is 0.309 e. The molecular weight excluding hydrogens is 254 g/mol. The minimum Gasteiger partial charge on any atom is -0.466 e. The Bertz CT molecular complexity index is 503. The van der Waals surface area contributed by atoms with E-state index in [1.807, 2.05) is 6.07 Å². The highest BCUT2D eigenvalue weighted by molar-refractivity contribution is 7.93. The first-order valence-electron chi connectivity index (χ1n) is 5.83. The van der Waals surface area contributed by atoms with Gasteiger partial charge in [0.2, 0.25) is 0 Å². The summed E-state index contributed by atoms with van der Waals surface area (Å²) in [6.07, 6.45) is 0.156. The average Bonchev–Trinajstić information content (AvgIpc) is 2.68. The molecule has 18 heavy (non-hydrogen) atoms. The highest BCUT2D eigenvalue weighted by atomic mass is 32.2. The molecule has 0 aromatic carbocycles. The largest absolute Gasteiger partial charge is 0.466 e. The summed E-state index contributed by atoms with van der Waals surface area (Å²) in [5.41, 5.74) is 0.296. The van der Waals surface area contributed by atoms with Crippen LogP contribution < -0.4 is 0 Å². The smallest absolute Gasteiger partial charge is 0.309 e. The third-order valence-electron chi connectivity index (χ3n) is 3.31. The summed E-state index contributed by atoms with van der Waals surface area (Å²) in [4.78, 5) is 11.6. The van der Waals surface area contributed by atoms with E-state index in [4.69, 9.17) is 4.74 Å². The molecule has 6 heteroatoms. The van der Waals surface area contributed by atoms with E-state index in [1.165, 1.54) is 6.92 Å². The molecule has 0 radical (unpaired) electrons. The Morgan fingerprint density at radius 2 is 2.22 bits per heavy atom. The SMILES string of the molecule is C=C1C[C@@H](C(=O)OCC)C[C@@]1(C#N)S(=O)(=O)CC. The molecule has 0 unspecified atom stereocenters. The van der Waals surface area contributed by atoms with Crippen molar-refractivity contribution in [2.24, 2.45) is 5.92 Å². The summed E-state index contributed by atoms with van der Waals surface area (Å²) in [5.74, 6) is -1.18. The molecule has 0 bridgehead atoms. The van der Waals surface area contributed by atoms with Crippen molar-refractivity contribution >= 4 is 15.8 Å². The van der Waals surface area contributed by atoms with Crippen LogP contribution in [0.25, 0.3) is 0 Å². The highest BCUT2D eigenvalue weighted by Gasteiger charge is 2.54. The number of ether oxygens (including phenoxy) is 1. The fraction of sp³-hybridized carbons (Fsp3) is 0.667. The average molecular weight is 271 g/mol. The van der Waals surface area contributed by atoms with Gasteiger partial charge in [-0.15, -0.1) is 0 Å². The number of esters is 1. The van der Waals surface area contributed by atoms with Crippen molar-refractivity contribution in [3.63, 3.8) is 0 Å². The molecule has 0 heterocycles. The molecule has 0 aliphatic heterocycles. The molecular formula is C12H17NO4S. The Morgan fingerprint density at radius 3 is 2.67 bits per heavy atom. The van der Waals surface area contributed by atoms with Gasteiger partial charge in [0.1, 0.15) is 0 Å². The first kappa shape index (κ1) is 14.7. The predicted octanol–water partition coefficient (Wildman–Crippen LogP) is 1.21. The molecule has 1 aliphatic carbocycles. The molecule has 2 atom stereocenters. The van der Waals surface area contributed by atoms with E-state index in [0.29, 0.717) is 5.57 Å².